The van der Waals surface area contributed by atoms with Crippen molar-refractivity contribution in [1.29, 1.82) is 0 Å². The van der Waals surface area contributed by atoms with Gasteiger partial charge in [-0.25, -0.2) is 4.79 Å². The number of hydrogen-bond acceptors (Lipinski definition) is 4. The first-order chi connectivity index (χ1) is 9.51. The van der Waals surface area contributed by atoms with Crippen LogP contribution in [0.15, 0.2) is 0 Å². The Morgan fingerprint density at radius 2 is 1.90 bits per heavy atom. The van der Waals surface area contributed by atoms with E-state index in [0.717, 1.165) is 12.8 Å². The van der Waals surface area contributed by atoms with E-state index >= 15 is 0 Å². The molecule has 2 amide bonds. The van der Waals surface area contributed by atoms with Gasteiger partial charge in [0.1, 0.15) is 0 Å². The van der Waals surface area contributed by atoms with E-state index in [1.807, 2.05) is 0 Å². The van der Waals surface area contributed by atoms with Gasteiger partial charge in [0.2, 0.25) is 0 Å². The molecular weight excluding hydrogens is 260 g/mol. The predicted octanol–water partition coefficient (Wildman–Crippen LogP) is 1.64. The number of nitrogens with one attached hydrogen (secondary N) is 1. The van der Waals surface area contributed by atoms with Crippen LogP contribution in [0.1, 0.15) is 33.1 Å². The van der Waals surface area contributed by atoms with Crippen LogP contribution < -0.4 is 5.32 Å². The third kappa shape index (κ3) is 9.61. The normalized spacial score (nSPS) is 10.4. The molecule has 0 aromatic heterocycles. The Morgan fingerprint density at radius 1 is 1.20 bits per heavy atom. The molecule has 0 fully saturated rings. The molecule has 6 nitrogen and oxygen atoms in total. The summed E-state index contributed by atoms with van der Waals surface area (Å²) in [6.45, 7) is 6.53. The Labute approximate surface area is 121 Å². The van der Waals surface area contributed by atoms with Crippen molar-refractivity contribution in [1.82, 2.24) is 10.2 Å². The zero-order valence-corrected chi connectivity index (χ0v) is 13.1. The van der Waals surface area contributed by atoms with Gasteiger partial charge < -0.3 is 19.7 Å². The van der Waals surface area contributed by atoms with E-state index in [1.54, 1.807) is 12.0 Å². The van der Waals surface area contributed by atoms with E-state index in [0.29, 0.717) is 38.6 Å². The Hall–Kier alpha value is -1.30. The van der Waals surface area contributed by atoms with E-state index < -0.39 is 0 Å². The van der Waals surface area contributed by atoms with Crippen LogP contribution in [0.25, 0.3) is 0 Å². The second-order valence-corrected chi connectivity index (χ2v) is 5.10. The SMILES string of the molecule is COCCN(CC(C)C)C(=O)NCCCCC(=O)OC. The molecule has 0 aromatic rings. The van der Waals surface area contributed by atoms with Gasteiger partial charge in [-0.2, -0.15) is 0 Å². The van der Waals surface area contributed by atoms with Crippen molar-refractivity contribution in [2.45, 2.75) is 33.1 Å². The number of esters is 1. The van der Waals surface area contributed by atoms with Gasteiger partial charge in [0.15, 0.2) is 0 Å². The maximum atomic E-state index is 12.0. The fourth-order valence-electron chi connectivity index (χ4n) is 1.72. The van der Waals surface area contributed by atoms with Crippen LogP contribution in [0, 0.1) is 5.92 Å². The first-order valence-electron chi connectivity index (χ1n) is 7.09. The quantitative estimate of drug-likeness (QED) is 0.490. The van der Waals surface area contributed by atoms with Crippen LogP contribution in [-0.4, -0.2) is 57.4 Å². The van der Waals surface area contributed by atoms with Gasteiger partial charge in [0, 0.05) is 33.2 Å². The summed E-state index contributed by atoms with van der Waals surface area (Å²) < 4.78 is 9.57. The van der Waals surface area contributed by atoms with Gasteiger partial charge >= 0.3 is 12.0 Å². The number of rotatable bonds is 10. The van der Waals surface area contributed by atoms with Gasteiger partial charge in [0.25, 0.3) is 0 Å². The van der Waals surface area contributed by atoms with Gasteiger partial charge in [-0.05, 0) is 18.8 Å². The zero-order valence-electron chi connectivity index (χ0n) is 13.1. The summed E-state index contributed by atoms with van der Waals surface area (Å²) in [4.78, 5) is 24.7. The molecule has 0 saturated heterocycles. The van der Waals surface area contributed by atoms with E-state index in [1.165, 1.54) is 7.11 Å². The van der Waals surface area contributed by atoms with Crippen molar-refractivity contribution in [3.05, 3.63) is 0 Å². The maximum Gasteiger partial charge on any atom is 0.317 e. The minimum absolute atomic E-state index is 0.0752. The molecule has 0 aromatic carbocycles. The topological polar surface area (TPSA) is 67.9 Å². The Kier molecular flexibility index (Phi) is 10.8. The van der Waals surface area contributed by atoms with E-state index in [-0.39, 0.29) is 12.0 Å². The lowest BCUT2D eigenvalue weighted by atomic mass is 10.2. The first-order valence-corrected chi connectivity index (χ1v) is 7.09. The molecule has 0 heterocycles. The number of carbonyl (C=O) groups excluding carboxylic acids is 2. The minimum Gasteiger partial charge on any atom is -0.469 e. The summed E-state index contributed by atoms with van der Waals surface area (Å²) in [6.07, 6.45) is 1.88. The fourth-order valence-corrected chi connectivity index (χ4v) is 1.72. The molecule has 20 heavy (non-hydrogen) atoms. The lowest BCUT2D eigenvalue weighted by Crippen LogP contribution is -2.43. The molecular formula is C14H28N2O4. The summed E-state index contributed by atoms with van der Waals surface area (Å²) >= 11 is 0. The third-order valence-electron chi connectivity index (χ3n) is 2.75. The number of unbranched alkanes of at least 4 members (excludes halogenated alkanes) is 1. The molecule has 6 heteroatoms. The van der Waals surface area contributed by atoms with Gasteiger partial charge in [-0.1, -0.05) is 13.8 Å². The Balaban J connectivity index is 3.90. The number of hydrogen-bond donors (Lipinski definition) is 1. The molecule has 0 bridgehead atoms. The summed E-state index contributed by atoms with van der Waals surface area (Å²) in [5, 5.41) is 2.87. The standard InChI is InChI=1S/C14H28N2O4/c1-12(2)11-16(9-10-19-3)14(18)15-8-6-5-7-13(17)20-4/h12H,5-11H2,1-4H3,(H,15,18). The second kappa shape index (κ2) is 11.5. The second-order valence-electron chi connectivity index (χ2n) is 5.10. The summed E-state index contributed by atoms with van der Waals surface area (Å²) in [6, 6.07) is -0.0752. The Bertz CT molecular complexity index is 282. The summed E-state index contributed by atoms with van der Waals surface area (Å²) in [5.74, 6) is 0.204. The largest absolute Gasteiger partial charge is 0.469 e. The molecule has 0 aliphatic carbocycles. The third-order valence-corrected chi connectivity index (χ3v) is 2.75. The minimum atomic E-state index is -0.210. The van der Waals surface area contributed by atoms with Crippen molar-refractivity contribution in [3.63, 3.8) is 0 Å². The molecule has 0 aliphatic heterocycles. The highest BCUT2D eigenvalue weighted by molar-refractivity contribution is 5.74. The van der Waals surface area contributed by atoms with Crippen molar-refractivity contribution < 1.29 is 19.1 Å². The van der Waals surface area contributed by atoms with Crippen LogP contribution in [0.3, 0.4) is 0 Å². The van der Waals surface area contributed by atoms with Crippen LogP contribution in [0.5, 0.6) is 0 Å². The van der Waals surface area contributed by atoms with Crippen LogP contribution in [0.4, 0.5) is 4.79 Å². The number of carbonyl (C=O) groups is 2. The van der Waals surface area contributed by atoms with Crippen LogP contribution >= 0.6 is 0 Å². The van der Waals surface area contributed by atoms with Crippen molar-refractivity contribution in [2.75, 3.05) is 40.5 Å². The molecule has 118 valence electrons. The molecule has 0 atom stereocenters. The molecule has 0 spiro atoms. The van der Waals surface area contributed by atoms with E-state index in [4.69, 9.17) is 4.74 Å². The lowest BCUT2D eigenvalue weighted by Gasteiger charge is -2.24. The van der Waals surface area contributed by atoms with Gasteiger partial charge in [-0.15, -0.1) is 0 Å². The number of nitrogens with zero attached hydrogens (tertiary/aromatic N) is 1. The van der Waals surface area contributed by atoms with Gasteiger partial charge in [0.05, 0.1) is 13.7 Å². The smallest absolute Gasteiger partial charge is 0.317 e. The summed E-state index contributed by atoms with van der Waals surface area (Å²) in [5.41, 5.74) is 0. The first kappa shape index (κ1) is 18.7. The number of urea groups is 1. The molecule has 1 N–H and O–H groups in total. The molecule has 0 saturated carbocycles. The summed E-state index contributed by atoms with van der Waals surface area (Å²) in [7, 11) is 3.00. The predicted molar refractivity (Wildman–Crippen MR) is 77.6 cm³/mol. The maximum absolute atomic E-state index is 12.0. The molecule has 0 unspecified atom stereocenters. The fraction of sp³-hybridized carbons (Fsp3) is 0.857. The molecule has 0 rings (SSSR count). The highest BCUT2D eigenvalue weighted by Gasteiger charge is 2.13. The lowest BCUT2D eigenvalue weighted by molar-refractivity contribution is -0.140. The Morgan fingerprint density at radius 3 is 2.45 bits per heavy atom. The molecule has 0 radical (unpaired) electrons. The van der Waals surface area contributed by atoms with Crippen molar-refractivity contribution in [2.24, 2.45) is 5.92 Å². The van der Waals surface area contributed by atoms with Crippen LogP contribution in [0.2, 0.25) is 0 Å². The van der Waals surface area contributed by atoms with E-state index in [2.05, 4.69) is 23.9 Å². The van der Waals surface area contributed by atoms with Crippen molar-refractivity contribution in [3.8, 4) is 0 Å². The number of methoxy groups -OCH3 is 2. The monoisotopic (exact) mass is 288 g/mol. The average Bonchev–Trinajstić information content (AvgIpc) is 2.42. The van der Waals surface area contributed by atoms with Gasteiger partial charge in [-0.3, -0.25) is 4.79 Å². The average molecular weight is 288 g/mol. The highest BCUT2D eigenvalue weighted by atomic mass is 16.5. The molecule has 0 aliphatic rings. The number of ether oxygens (including phenoxy) is 2. The zero-order chi connectivity index (χ0) is 15.4. The number of amides is 2. The van der Waals surface area contributed by atoms with Crippen LogP contribution in [-0.2, 0) is 14.3 Å². The highest BCUT2D eigenvalue weighted by Crippen LogP contribution is 2.00. The van der Waals surface area contributed by atoms with E-state index in [9.17, 15) is 9.59 Å². The van der Waals surface area contributed by atoms with Crippen molar-refractivity contribution >= 4 is 12.0 Å².